The van der Waals surface area contributed by atoms with Gasteiger partial charge in [0, 0.05) is 18.2 Å². The summed E-state index contributed by atoms with van der Waals surface area (Å²) in [5, 5.41) is 12.4. The number of benzene rings is 2. The van der Waals surface area contributed by atoms with Crippen molar-refractivity contribution in [3.63, 3.8) is 0 Å². The highest BCUT2D eigenvalue weighted by molar-refractivity contribution is 5.34. The lowest BCUT2D eigenvalue weighted by Crippen LogP contribution is -2.43. The molecule has 2 aromatic carbocycles. The number of hydrogen-bond acceptors (Lipinski definition) is 3. The van der Waals surface area contributed by atoms with E-state index in [2.05, 4.69) is 12.1 Å². The first-order chi connectivity index (χ1) is 13.7. The predicted octanol–water partition coefficient (Wildman–Crippen LogP) is 4.51. The molecule has 0 aliphatic heterocycles. The molecule has 0 unspecified atom stereocenters. The highest BCUT2D eigenvalue weighted by atomic mass is 16.5. The normalized spacial score (nSPS) is 12.1. The molecule has 1 heterocycles. The summed E-state index contributed by atoms with van der Waals surface area (Å²) in [6, 6.07) is 19.8. The maximum absolute atomic E-state index is 13.2. The number of rotatable bonds is 7. The fourth-order valence-electron chi connectivity index (χ4n) is 3.84. The highest BCUT2D eigenvalue weighted by Gasteiger charge is 2.30. The van der Waals surface area contributed by atoms with Crippen LogP contribution in [0.3, 0.4) is 0 Å². The molecule has 0 atom stereocenters. The van der Waals surface area contributed by atoms with E-state index < -0.39 is 5.54 Å². The second kappa shape index (κ2) is 8.39. The summed E-state index contributed by atoms with van der Waals surface area (Å²) < 4.78 is 3.55. The fourth-order valence-corrected chi connectivity index (χ4v) is 3.84. The van der Waals surface area contributed by atoms with E-state index in [1.807, 2.05) is 88.0 Å². The third kappa shape index (κ3) is 4.36. The first-order valence-electron chi connectivity index (χ1n) is 10.1. The van der Waals surface area contributed by atoms with Crippen molar-refractivity contribution < 1.29 is 5.21 Å². The van der Waals surface area contributed by atoms with Crippen LogP contribution in [0.15, 0.2) is 65.5 Å². The molecule has 0 amide bonds. The third-order valence-electron chi connectivity index (χ3n) is 5.48. The van der Waals surface area contributed by atoms with E-state index in [1.54, 1.807) is 4.68 Å². The molecule has 0 bridgehead atoms. The van der Waals surface area contributed by atoms with Crippen molar-refractivity contribution in [2.75, 3.05) is 0 Å². The third-order valence-corrected chi connectivity index (χ3v) is 5.48. The van der Waals surface area contributed by atoms with Crippen molar-refractivity contribution in [1.82, 2.24) is 14.4 Å². The molecular weight excluding hydrogens is 362 g/mol. The standard InChI is InChI=1S/C24H31N3O2/c1-18(2)22-21(25(5)27(23(22)28)20-14-10-7-11-15-20)17-26(29)24(3,4)16-19-12-8-6-9-13-19/h6-15,18,29H,16-17H2,1-5H3. The van der Waals surface area contributed by atoms with Crippen molar-refractivity contribution in [1.29, 1.82) is 0 Å². The average molecular weight is 394 g/mol. The Morgan fingerprint density at radius 3 is 2.10 bits per heavy atom. The van der Waals surface area contributed by atoms with Crippen LogP contribution in [0, 0.1) is 0 Å². The zero-order valence-electron chi connectivity index (χ0n) is 18.0. The molecule has 5 nitrogen and oxygen atoms in total. The van der Waals surface area contributed by atoms with Crippen molar-refractivity contribution in [3.05, 3.63) is 87.8 Å². The SMILES string of the molecule is CC(C)c1c(CN(O)C(C)(C)Cc2ccccc2)n(C)n(-c2ccccc2)c1=O. The van der Waals surface area contributed by atoms with E-state index in [0.29, 0.717) is 6.42 Å². The van der Waals surface area contributed by atoms with Gasteiger partial charge in [0.25, 0.3) is 5.56 Å². The topological polar surface area (TPSA) is 50.4 Å². The van der Waals surface area contributed by atoms with Crippen LogP contribution in [0.25, 0.3) is 5.69 Å². The Labute approximate surface area is 172 Å². The molecule has 0 saturated carbocycles. The van der Waals surface area contributed by atoms with E-state index in [0.717, 1.165) is 22.5 Å². The van der Waals surface area contributed by atoms with Crippen LogP contribution in [0.1, 0.15) is 50.4 Å². The summed E-state index contributed by atoms with van der Waals surface area (Å²) in [6.45, 7) is 8.35. The van der Waals surface area contributed by atoms with Crippen LogP contribution in [-0.4, -0.2) is 25.2 Å². The lowest BCUT2D eigenvalue weighted by atomic mass is 9.94. The lowest BCUT2D eigenvalue weighted by Gasteiger charge is -2.34. The minimum atomic E-state index is -0.486. The average Bonchev–Trinajstić information content (AvgIpc) is 2.92. The predicted molar refractivity (Wildman–Crippen MR) is 117 cm³/mol. The molecule has 0 radical (unpaired) electrons. The van der Waals surface area contributed by atoms with Crippen LogP contribution in [-0.2, 0) is 20.0 Å². The Morgan fingerprint density at radius 2 is 1.55 bits per heavy atom. The number of hydroxylamine groups is 2. The Balaban J connectivity index is 1.97. The van der Waals surface area contributed by atoms with Gasteiger partial charge in [0.1, 0.15) is 0 Å². The van der Waals surface area contributed by atoms with E-state index in [9.17, 15) is 10.0 Å². The zero-order chi connectivity index (χ0) is 21.2. The zero-order valence-corrected chi connectivity index (χ0v) is 18.0. The molecular formula is C24H31N3O2. The Morgan fingerprint density at radius 1 is 1.00 bits per heavy atom. The highest BCUT2D eigenvalue weighted by Crippen LogP contribution is 2.25. The molecule has 0 spiro atoms. The van der Waals surface area contributed by atoms with E-state index in [-0.39, 0.29) is 18.0 Å². The molecule has 0 fully saturated rings. The van der Waals surface area contributed by atoms with Gasteiger partial charge in [0.05, 0.1) is 17.9 Å². The molecule has 1 N–H and O–H groups in total. The number of aromatic nitrogens is 2. The molecule has 29 heavy (non-hydrogen) atoms. The van der Waals surface area contributed by atoms with E-state index in [1.165, 1.54) is 5.06 Å². The van der Waals surface area contributed by atoms with Gasteiger partial charge in [-0.05, 0) is 43.9 Å². The molecule has 0 saturated heterocycles. The van der Waals surface area contributed by atoms with Gasteiger partial charge in [-0.2, -0.15) is 5.06 Å². The van der Waals surface area contributed by atoms with Gasteiger partial charge >= 0.3 is 0 Å². The Hall–Kier alpha value is -2.63. The molecule has 1 aromatic heterocycles. The second-order valence-electron chi connectivity index (χ2n) is 8.52. The van der Waals surface area contributed by atoms with Crippen LogP contribution >= 0.6 is 0 Å². The summed E-state index contributed by atoms with van der Waals surface area (Å²) in [5.74, 6) is 0.0549. The molecule has 5 heteroatoms. The lowest BCUT2D eigenvalue weighted by molar-refractivity contribution is -0.171. The largest absolute Gasteiger partial charge is 0.313 e. The minimum absolute atomic E-state index is 0.0297. The van der Waals surface area contributed by atoms with Crippen molar-refractivity contribution in [2.45, 2.75) is 52.1 Å². The number of para-hydroxylation sites is 1. The fraction of sp³-hybridized carbons (Fsp3) is 0.375. The summed E-state index contributed by atoms with van der Waals surface area (Å²) in [5.41, 5.74) is 3.04. The van der Waals surface area contributed by atoms with Crippen LogP contribution < -0.4 is 5.56 Å². The van der Waals surface area contributed by atoms with Crippen LogP contribution in [0.5, 0.6) is 0 Å². The summed E-state index contributed by atoms with van der Waals surface area (Å²) in [7, 11) is 1.88. The Kier molecular flexibility index (Phi) is 6.10. The summed E-state index contributed by atoms with van der Waals surface area (Å²) in [4.78, 5) is 13.2. The maximum atomic E-state index is 13.2. The number of hydrogen-bond donors (Lipinski definition) is 1. The summed E-state index contributed by atoms with van der Waals surface area (Å²) in [6.07, 6.45) is 0.703. The van der Waals surface area contributed by atoms with Crippen molar-refractivity contribution >= 4 is 0 Å². The van der Waals surface area contributed by atoms with Gasteiger partial charge in [0.15, 0.2) is 0 Å². The molecule has 3 aromatic rings. The van der Waals surface area contributed by atoms with E-state index in [4.69, 9.17) is 0 Å². The Bertz CT molecular complexity index is 1000. The quantitative estimate of drug-likeness (QED) is 0.601. The molecule has 0 aliphatic rings. The van der Waals surface area contributed by atoms with Crippen molar-refractivity contribution in [3.8, 4) is 5.69 Å². The molecule has 3 rings (SSSR count). The van der Waals surface area contributed by atoms with Gasteiger partial charge in [-0.3, -0.25) is 9.48 Å². The molecule has 154 valence electrons. The van der Waals surface area contributed by atoms with Crippen LogP contribution in [0.4, 0.5) is 0 Å². The van der Waals surface area contributed by atoms with Crippen LogP contribution in [0.2, 0.25) is 0 Å². The first kappa shape index (κ1) is 21.1. The smallest absolute Gasteiger partial charge is 0.275 e. The first-order valence-corrected chi connectivity index (χ1v) is 10.1. The van der Waals surface area contributed by atoms with Gasteiger partial charge in [-0.25, -0.2) is 4.68 Å². The van der Waals surface area contributed by atoms with Gasteiger partial charge in [-0.15, -0.1) is 0 Å². The molecule has 0 aliphatic carbocycles. The monoisotopic (exact) mass is 393 g/mol. The van der Waals surface area contributed by atoms with Gasteiger partial charge < -0.3 is 5.21 Å². The number of nitrogens with zero attached hydrogens (tertiary/aromatic N) is 3. The minimum Gasteiger partial charge on any atom is -0.313 e. The van der Waals surface area contributed by atoms with Crippen molar-refractivity contribution in [2.24, 2.45) is 7.05 Å². The van der Waals surface area contributed by atoms with Gasteiger partial charge in [-0.1, -0.05) is 62.4 Å². The van der Waals surface area contributed by atoms with Gasteiger partial charge in [0.2, 0.25) is 0 Å². The second-order valence-corrected chi connectivity index (χ2v) is 8.52. The van der Waals surface area contributed by atoms with E-state index >= 15 is 0 Å². The maximum Gasteiger partial charge on any atom is 0.275 e. The summed E-state index contributed by atoms with van der Waals surface area (Å²) >= 11 is 0.